The van der Waals surface area contributed by atoms with Gasteiger partial charge in [0, 0.05) is 5.69 Å². The van der Waals surface area contributed by atoms with Crippen molar-refractivity contribution < 1.29 is 23.1 Å². The van der Waals surface area contributed by atoms with Gasteiger partial charge in [0.25, 0.3) is 5.56 Å². The molecule has 0 aliphatic carbocycles. The van der Waals surface area contributed by atoms with E-state index in [-0.39, 0.29) is 18.4 Å². The number of fused-ring (bicyclic) bond motifs is 3. The number of aromatic amines is 1. The summed E-state index contributed by atoms with van der Waals surface area (Å²) in [5.41, 5.74) is 0.831. The molecule has 0 spiro atoms. The Hall–Kier alpha value is -2.77. The number of hydrogen-bond donors (Lipinski definition) is 2. The van der Waals surface area contributed by atoms with Gasteiger partial charge in [-0.15, -0.1) is 0 Å². The molecule has 3 aromatic rings. The van der Waals surface area contributed by atoms with Gasteiger partial charge in [-0.25, -0.2) is 0 Å². The van der Waals surface area contributed by atoms with Crippen molar-refractivity contribution in [3.8, 4) is 0 Å². The van der Waals surface area contributed by atoms with E-state index in [2.05, 4.69) is 4.98 Å². The van der Waals surface area contributed by atoms with Gasteiger partial charge >= 0.3 is 12.1 Å². The molecule has 0 aliphatic heterocycles. The summed E-state index contributed by atoms with van der Waals surface area (Å²) in [6, 6.07) is 4.80. The Labute approximate surface area is 139 Å². The first-order chi connectivity index (χ1) is 11.7. The largest absolute Gasteiger partial charge is 0.481 e. The molecule has 8 heteroatoms. The molecule has 0 atom stereocenters. The Morgan fingerprint density at radius 3 is 2.56 bits per heavy atom. The Balaban J connectivity index is 2.34. The number of nitrogens with zero attached hydrogens (tertiary/aromatic N) is 1. The van der Waals surface area contributed by atoms with E-state index < -0.39 is 23.3 Å². The highest BCUT2D eigenvalue weighted by Gasteiger charge is 2.31. The summed E-state index contributed by atoms with van der Waals surface area (Å²) in [5.74, 6) is -0.981. The summed E-state index contributed by atoms with van der Waals surface area (Å²) in [6.07, 6.45) is -3.88. The molecule has 0 unspecified atom stereocenters. The van der Waals surface area contributed by atoms with Crippen LogP contribution in [0.3, 0.4) is 0 Å². The summed E-state index contributed by atoms with van der Waals surface area (Å²) < 4.78 is 40.3. The highest BCUT2D eigenvalue weighted by molar-refractivity contribution is 5.80. The van der Waals surface area contributed by atoms with Gasteiger partial charge < -0.3 is 14.5 Å². The standard InChI is InChI=1S/C17H15F3N2O3/c1-2-9-7-14-16(25)21-11-8-10(17(18,19)20)3-4-13(11)22(14)12(9)5-6-15(23)24/h3-4,7-8H,2,5-6H2,1H3,(H,21,25)(H,23,24). The molecule has 0 fully saturated rings. The molecule has 0 radical (unpaired) electrons. The number of carbonyl (C=O) groups is 1. The maximum Gasteiger partial charge on any atom is 0.416 e. The van der Waals surface area contributed by atoms with Gasteiger partial charge in [0.05, 0.1) is 23.0 Å². The third-order valence-corrected chi connectivity index (χ3v) is 4.19. The van der Waals surface area contributed by atoms with Crippen LogP contribution in [0.2, 0.25) is 0 Å². The van der Waals surface area contributed by atoms with Gasteiger partial charge in [0.15, 0.2) is 0 Å². The SMILES string of the molecule is CCc1cc2c(=O)[nH]c3cc(C(F)(F)F)ccc3n2c1CCC(=O)O. The zero-order chi connectivity index (χ0) is 18.4. The zero-order valence-corrected chi connectivity index (χ0v) is 13.3. The minimum absolute atomic E-state index is 0.0575. The van der Waals surface area contributed by atoms with Crippen molar-refractivity contribution in [2.24, 2.45) is 0 Å². The quantitative estimate of drug-likeness (QED) is 0.756. The number of aliphatic carboxylic acids is 1. The predicted molar refractivity (Wildman–Crippen MR) is 85.9 cm³/mol. The molecule has 2 N–H and O–H groups in total. The Morgan fingerprint density at radius 1 is 1.24 bits per heavy atom. The molecule has 0 amide bonds. The van der Waals surface area contributed by atoms with Crippen molar-refractivity contribution in [2.75, 3.05) is 0 Å². The first-order valence-corrected chi connectivity index (χ1v) is 7.70. The van der Waals surface area contributed by atoms with Crippen LogP contribution in [0.4, 0.5) is 13.2 Å². The van der Waals surface area contributed by atoms with Gasteiger partial charge in [-0.1, -0.05) is 6.92 Å². The zero-order valence-electron chi connectivity index (χ0n) is 13.3. The maximum absolute atomic E-state index is 12.9. The molecule has 0 aliphatic rings. The minimum Gasteiger partial charge on any atom is -0.481 e. The van der Waals surface area contributed by atoms with Crippen LogP contribution in [0.15, 0.2) is 29.1 Å². The number of hydrogen-bond acceptors (Lipinski definition) is 2. The second-order valence-electron chi connectivity index (χ2n) is 5.77. The van der Waals surface area contributed by atoms with Crippen LogP contribution in [-0.4, -0.2) is 20.5 Å². The van der Waals surface area contributed by atoms with Crippen LogP contribution in [0.5, 0.6) is 0 Å². The van der Waals surface area contributed by atoms with E-state index in [9.17, 15) is 22.8 Å². The number of carboxylic acids is 1. The lowest BCUT2D eigenvalue weighted by molar-refractivity contribution is -0.138. The summed E-state index contributed by atoms with van der Waals surface area (Å²) in [6.45, 7) is 1.87. The van der Waals surface area contributed by atoms with Crippen LogP contribution >= 0.6 is 0 Å². The summed E-state index contributed by atoms with van der Waals surface area (Å²) in [7, 11) is 0. The van der Waals surface area contributed by atoms with E-state index in [1.165, 1.54) is 6.07 Å². The van der Waals surface area contributed by atoms with Crippen LogP contribution in [0, 0.1) is 0 Å². The van der Waals surface area contributed by atoms with Crippen molar-refractivity contribution in [3.05, 3.63) is 51.4 Å². The molecule has 2 heterocycles. The highest BCUT2D eigenvalue weighted by Crippen LogP contribution is 2.31. The number of alkyl halides is 3. The number of aryl methyl sites for hydroxylation is 2. The number of rotatable bonds is 4. The summed E-state index contributed by atoms with van der Waals surface area (Å²) in [5, 5.41) is 8.94. The molecule has 3 rings (SSSR count). The van der Waals surface area contributed by atoms with Crippen molar-refractivity contribution in [1.82, 2.24) is 9.38 Å². The van der Waals surface area contributed by atoms with Gasteiger partial charge in [-0.3, -0.25) is 9.59 Å². The Kier molecular flexibility index (Phi) is 4.06. The summed E-state index contributed by atoms with van der Waals surface area (Å²) >= 11 is 0. The van der Waals surface area contributed by atoms with E-state index in [4.69, 9.17) is 5.11 Å². The topological polar surface area (TPSA) is 74.6 Å². The lowest BCUT2D eigenvalue weighted by atomic mass is 10.1. The Morgan fingerprint density at radius 2 is 1.96 bits per heavy atom. The summed E-state index contributed by atoms with van der Waals surface area (Å²) in [4.78, 5) is 25.7. The molecule has 0 bridgehead atoms. The van der Waals surface area contributed by atoms with Crippen molar-refractivity contribution in [1.29, 1.82) is 0 Å². The number of benzene rings is 1. The van der Waals surface area contributed by atoms with Crippen LogP contribution in [0.1, 0.15) is 30.2 Å². The number of aromatic nitrogens is 2. The van der Waals surface area contributed by atoms with E-state index >= 15 is 0 Å². The highest BCUT2D eigenvalue weighted by atomic mass is 19.4. The van der Waals surface area contributed by atoms with Gasteiger partial charge in [0.2, 0.25) is 0 Å². The number of halogens is 3. The Bertz CT molecular complexity index is 1030. The molecule has 25 heavy (non-hydrogen) atoms. The smallest absolute Gasteiger partial charge is 0.416 e. The second kappa shape index (κ2) is 5.94. The van der Waals surface area contributed by atoms with E-state index in [1.807, 2.05) is 6.92 Å². The normalized spacial score (nSPS) is 12.2. The molecule has 132 valence electrons. The van der Waals surface area contributed by atoms with Gasteiger partial charge in [-0.2, -0.15) is 13.2 Å². The van der Waals surface area contributed by atoms with E-state index in [1.54, 1.807) is 10.5 Å². The first kappa shape index (κ1) is 17.1. The van der Waals surface area contributed by atoms with Crippen molar-refractivity contribution >= 4 is 22.5 Å². The lowest BCUT2D eigenvalue weighted by Gasteiger charge is -2.11. The molecule has 5 nitrogen and oxygen atoms in total. The van der Waals surface area contributed by atoms with Crippen molar-refractivity contribution in [3.63, 3.8) is 0 Å². The lowest BCUT2D eigenvalue weighted by Crippen LogP contribution is -2.13. The van der Waals surface area contributed by atoms with Gasteiger partial charge in [-0.05, 0) is 42.7 Å². The molecule has 0 saturated heterocycles. The molecule has 1 aromatic carbocycles. The average molecular weight is 352 g/mol. The van der Waals surface area contributed by atoms with Crippen molar-refractivity contribution in [2.45, 2.75) is 32.4 Å². The second-order valence-corrected chi connectivity index (χ2v) is 5.77. The first-order valence-electron chi connectivity index (χ1n) is 7.70. The molecule has 0 saturated carbocycles. The fourth-order valence-electron chi connectivity index (χ4n) is 3.04. The molecular formula is C17H15F3N2O3. The fraction of sp³-hybridized carbons (Fsp3) is 0.294. The molecular weight excluding hydrogens is 337 g/mol. The number of carboxylic acid groups (broad SMARTS) is 1. The minimum atomic E-state index is -4.52. The third-order valence-electron chi connectivity index (χ3n) is 4.19. The molecule has 2 aromatic heterocycles. The fourth-order valence-corrected chi connectivity index (χ4v) is 3.04. The third kappa shape index (κ3) is 2.99. The van der Waals surface area contributed by atoms with Crippen LogP contribution in [0.25, 0.3) is 16.6 Å². The van der Waals surface area contributed by atoms with Gasteiger partial charge in [0.1, 0.15) is 5.52 Å². The maximum atomic E-state index is 12.9. The van der Waals surface area contributed by atoms with Crippen LogP contribution in [-0.2, 0) is 23.8 Å². The van der Waals surface area contributed by atoms with E-state index in [0.29, 0.717) is 23.1 Å². The number of nitrogens with one attached hydrogen (secondary N) is 1. The number of H-pyrrole nitrogens is 1. The average Bonchev–Trinajstić information content (AvgIpc) is 2.91. The monoisotopic (exact) mass is 352 g/mol. The van der Waals surface area contributed by atoms with Crippen LogP contribution < -0.4 is 5.56 Å². The predicted octanol–water partition coefficient (Wildman–Crippen LogP) is 3.38. The van der Waals surface area contributed by atoms with E-state index in [0.717, 1.165) is 17.7 Å².